The van der Waals surface area contributed by atoms with E-state index in [-0.39, 0.29) is 0 Å². The smallest absolute Gasteiger partial charge is 0.0159 e. The summed E-state index contributed by atoms with van der Waals surface area (Å²) in [5.74, 6) is 0. The van der Waals surface area contributed by atoms with Gasteiger partial charge in [0.2, 0.25) is 0 Å². The van der Waals surface area contributed by atoms with E-state index in [9.17, 15) is 0 Å². The molecule has 0 N–H and O–H groups in total. The zero-order valence-corrected chi connectivity index (χ0v) is 6.94. The van der Waals surface area contributed by atoms with Crippen LogP contribution >= 0.6 is 0 Å². The number of rotatable bonds is 3. The van der Waals surface area contributed by atoms with Gasteiger partial charge >= 0.3 is 0 Å². The van der Waals surface area contributed by atoms with E-state index in [4.69, 9.17) is 0 Å². The summed E-state index contributed by atoms with van der Waals surface area (Å²) in [7, 11) is 4.17. The molecule has 54 valence electrons. The fraction of sp³-hybridized carbons (Fsp3) is 0.750. The van der Waals surface area contributed by atoms with Crippen molar-refractivity contribution in [3.05, 3.63) is 11.6 Å². The first-order valence-corrected chi connectivity index (χ1v) is 3.47. The summed E-state index contributed by atoms with van der Waals surface area (Å²) in [4.78, 5) is 2.17. The first kappa shape index (κ1) is 8.70. The van der Waals surface area contributed by atoms with Crippen molar-refractivity contribution in [2.24, 2.45) is 0 Å². The lowest BCUT2D eigenvalue weighted by Crippen LogP contribution is -2.10. The molecule has 0 aromatic heterocycles. The minimum atomic E-state index is 1.07. The molecule has 0 heterocycles. The number of hydrogen-bond donors (Lipinski definition) is 0. The van der Waals surface area contributed by atoms with E-state index >= 15 is 0 Å². The first-order chi connectivity index (χ1) is 4.16. The van der Waals surface area contributed by atoms with Crippen LogP contribution in [0.25, 0.3) is 0 Å². The molecule has 0 bridgehead atoms. The Bertz CT molecular complexity index is 92.7. The molecule has 0 fully saturated rings. The van der Waals surface area contributed by atoms with Crippen LogP contribution in [0.5, 0.6) is 0 Å². The second kappa shape index (κ2) is 4.57. The quantitative estimate of drug-likeness (QED) is 0.523. The van der Waals surface area contributed by atoms with Gasteiger partial charge in [-0.1, -0.05) is 18.6 Å². The van der Waals surface area contributed by atoms with Crippen LogP contribution in [-0.4, -0.2) is 25.5 Å². The maximum Gasteiger partial charge on any atom is 0.0159 e. The van der Waals surface area contributed by atoms with E-state index in [2.05, 4.69) is 38.9 Å². The Morgan fingerprint density at radius 1 is 1.44 bits per heavy atom. The summed E-state index contributed by atoms with van der Waals surface area (Å²) in [6.45, 7) is 5.42. The largest absolute Gasteiger partial charge is 0.306 e. The number of hydrogen-bond acceptors (Lipinski definition) is 1. The topological polar surface area (TPSA) is 3.24 Å². The van der Waals surface area contributed by atoms with Crippen LogP contribution in [-0.2, 0) is 0 Å². The van der Waals surface area contributed by atoms with Crippen molar-refractivity contribution in [1.29, 1.82) is 0 Å². The van der Waals surface area contributed by atoms with Gasteiger partial charge in [-0.05, 0) is 27.4 Å². The maximum atomic E-state index is 2.26. The van der Waals surface area contributed by atoms with E-state index < -0.39 is 0 Å². The normalized spacial score (nSPS) is 12.8. The SMILES string of the molecule is CC/C(C)=C\CN(C)C. The van der Waals surface area contributed by atoms with Crippen LogP contribution in [0.4, 0.5) is 0 Å². The third-order valence-electron chi connectivity index (χ3n) is 1.36. The molecule has 0 aromatic carbocycles. The summed E-state index contributed by atoms with van der Waals surface area (Å²) >= 11 is 0. The van der Waals surface area contributed by atoms with E-state index in [1.54, 1.807) is 0 Å². The fourth-order valence-electron chi connectivity index (χ4n) is 0.483. The molecule has 0 unspecified atom stereocenters. The Hall–Kier alpha value is -0.300. The van der Waals surface area contributed by atoms with Crippen molar-refractivity contribution in [2.45, 2.75) is 20.3 Å². The van der Waals surface area contributed by atoms with Gasteiger partial charge in [-0.2, -0.15) is 0 Å². The molecule has 0 aliphatic carbocycles. The van der Waals surface area contributed by atoms with Crippen molar-refractivity contribution < 1.29 is 0 Å². The van der Waals surface area contributed by atoms with E-state index in [0.29, 0.717) is 0 Å². The van der Waals surface area contributed by atoms with Gasteiger partial charge in [-0.15, -0.1) is 0 Å². The average molecular weight is 127 g/mol. The zero-order valence-electron chi connectivity index (χ0n) is 6.94. The van der Waals surface area contributed by atoms with Gasteiger partial charge in [0.25, 0.3) is 0 Å². The minimum absolute atomic E-state index is 1.07. The highest BCUT2D eigenvalue weighted by Gasteiger charge is 1.84. The zero-order chi connectivity index (χ0) is 7.28. The summed E-state index contributed by atoms with van der Waals surface area (Å²) < 4.78 is 0. The maximum absolute atomic E-state index is 2.26. The van der Waals surface area contributed by atoms with Gasteiger partial charge in [0.05, 0.1) is 0 Å². The minimum Gasteiger partial charge on any atom is -0.306 e. The lowest BCUT2D eigenvalue weighted by atomic mass is 10.2. The summed E-state index contributed by atoms with van der Waals surface area (Å²) in [5.41, 5.74) is 1.48. The Labute approximate surface area is 58.4 Å². The van der Waals surface area contributed by atoms with Crippen molar-refractivity contribution in [1.82, 2.24) is 4.90 Å². The highest BCUT2D eigenvalue weighted by atomic mass is 15.0. The lowest BCUT2D eigenvalue weighted by Gasteiger charge is -2.04. The van der Waals surface area contributed by atoms with Gasteiger partial charge in [0, 0.05) is 6.54 Å². The molecule has 0 radical (unpaired) electrons. The fourth-order valence-corrected chi connectivity index (χ4v) is 0.483. The Kier molecular flexibility index (Phi) is 4.41. The molecule has 0 amide bonds. The summed E-state index contributed by atoms with van der Waals surface area (Å²) in [6.07, 6.45) is 3.44. The summed E-state index contributed by atoms with van der Waals surface area (Å²) in [5, 5.41) is 0. The van der Waals surface area contributed by atoms with Crippen LogP contribution in [0.15, 0.2) is 11.6 Å². The molecule has 0 aliphatic heterocycles. The van der Waals surface area contributed by atoms with Crippen LogP contribution in [0.3, 0.4) is 0 Å². The molecule has 1 heteroatoms. The molecule has 0 saturated carbocycles. The van der Waals surface area contributed by atoms with Gasteiger partial charge in [0.1, 0.15) is 0 Å². The van der Waals surface area contributed by atoms with Crippen molar-refractivity contribution in [2.75, 3.05) is 20.6 Å². The van der Waals surface area contributed by atoms with E-state index in [0.717, 1.165) is 6.54 Å². The van der Waals surface area contributed by atoms with E-state index in [1.807, 2.05) is 0 Å². The second-order valence-electron chi connectivity index (χ2n) is 2.67. The van der Waals surface area contributed by atoms with E-state index in [1.165, 1.54) is 12.0 Å². The third kappa shape index (κ3) is 5.57. The monoisotopic (exact) mass is 127 g/mol. The average Bonchev–Trinajstić information content (AvgIpc) is 1.83. The molecule has 0 aliphatic rings. The molecule has 9 heavy (non-hydrogen) atoms. The molecule has 0 rings (SSSR count). The molecule has 1 nitrogen and oxygen atoms in total. The van der Waals surface area contributed by atoms with Crippen LogP contribution in [0, 0.1) is 0 Å². The molecule has 0 spiro atoms. The standard InChI is InChI=1S/C8H17N/c1-5-8(2)6-7-9(3)4/h6H,5,7H2,1-4H3/b8-6-. The van der Waals surface area contributed by atoms with Gasteiger partial charge < -0.3 is 4.90 Å². The van der Waals surface area contributed by atoms with Crippen LogP contribution < -0.4 is 0 Å². The third-order valence-corrected chi connectivity index (χ3v) is 1.36. The highest BCUT2D eigenvalue weighted by molar-refractivity contribution is 4.97. The van der Waals surface area contributed by atoms with Crippen LogP contribution in [0.1, 0.15) is 20.3 Å². The molecule has 0 aromatic rings. The number of allylic oxidation sites excluding steroid dienone is 1. The van der Waals surface area contributed by atoms with Crippen molar-refractivity contribution in [3.63, 3.8) is 0 Å². The van der Waals surface area contributed by atoms with Crippen molar-refractivity contribution in [3.8, 4) is 0 Å². The molecule has 0 saturated heterocycles. The predicted octanol–water partition coefficient (Wildman–Crippen LogP) is 1.90. The Morgan fingerprint density at radius 3 is 2.33 bits per heavy atom. The van der Waals surface area contributed by atoms with Gasteiger partial charge in [-0.3, -0.25) is 0 Å². The summed E-state index contributed by atoms with van der Waals surface area (Å²) in [6, 6.07) is 0. The van der Waals surface area contributed by atoms with Crippen LogP contribution in [0.2, 0.25) is 0 Å². The Morgan fingerprint density at radius 2 is 2.00 bits per heavy atom. The Balaban J connectivity index is 3.43. The first-order valence-electron chi connectivity index (χ1n) is 3.47. The lowest BCUT2D eigenvalue weighted by molar-refractivity contribution is 0.455. The number of likely N-dealkylation sites (N-methyl/N-ethyl adjacent to an activating group) is 1. The second-order valence-corrected chi connectivity index (χ2v) is 2.67. The van der Waals surface area contributed by atoms with Gasteiger partial charge in [0.15, 0.2) is 0 Å². The predicted molar refractivity (Wildman–Crippen MR) is 42.6 cm³/mol. The van der Waals surface area contributed by atoms with Gasteiger partial charge in [-0.25, -0.2) is 0 Å². The number of nitrogens with zero attached hydrogens (tertiary/aromatic N) is 1. The highest BCUT2D eigenvalue weighted by Crippen LogP contribution is 1.96. The molecular formula is C8H17N. The molecular weight excluding hydrogens is 110 g/mol. The molecule has 0 atom stereocenters. The van der Waals surface area contributed by atoms with Crippen molar-refractivity contribution >= 4 is 0 Å².